The first kappa shape index (κ1) is 20.2. The molecule has 0 aromatic heterocycles. The lowest BCUT2D eigenvalue weighted by atomic mass is 9.93. The maximum atomic E-state index is 12.3. The summed E-state index contributed by atoms with van der Waals surface area (Å²) in [5.41, 5.74) is -0.332. The molecule has 0 radical (unpaired) electrons. The maximum absolute atomic E-state index is 12.3. The summed E-state index contributed by atoms with van der Waals surface area (Å²) in [7, 11) is 0. The molecule has 2 amide bonds. The Hall–Kier alpha value is -0.810. The molecule has 0 aliphatic carbocycles. The number of piperidine rings is 1. The third-order valence-corrected chi connectivity index (χ3v) is 4.79. The highest BCUT2D eigenvalue weighted by molar-refractivity contribution is 5.85. The van der Waals surface area contributed by atoms with Crippen molar-refractivity contribution in [1.82, 2.24) is 15.1 Å². The first-order valence-electron chi connectivity index (χ1n) is 8.66. The van der Waals surface area contributed by atoms with Crippen molar-refractivity contribution >= 4 is 24.2 Å². The number of hydrogen-bond acceptors (Lipinski definition) is 3. The zero-order valence-corrected chi connectivity index (χ0v) is 15.6. The Morgan fingerprint density at radius 3 is 2.04 bits per heavy atom. The molecule has 0 bridgehead atoms. The SMILES string of the molecule is CC(C)(C)C(=O)N1CCN(C(=O)CCC2CCNCC2)CC1.Cl. The van der Waals surface area contributed by atoms with Gasteiger partial charge in [0.25, 0.3) is 0 Å². The first-order chi connectivity index (χ1) is 10.4. The van der Waals surface area contributed by atoms with Gasteiger partial charge in [0.2, 0.25) is 11.8 Å². The molecule has 0 aromatic carbocycles. The van der Waals surface area contributed by atoms with Crippen LogP contribution >= 0.6 is 12.4 Å². The summed E-state index contributed by atoms with van der Waals surface area (Å²) >= 11 is 0. The summed E-state index contributed by atoms with van der Waals surface area (Å²) in [6.45, 7) is 10.8. The van der Waals surface area contributed by atoms with Crippen molar-refractivity contribution in [2.75, 3.05) is 39.3 Å². The standard InChI is InChI=1S/C17H31N3O2.ClH/c1-17(2,3)16(22)20-12-10-19(11-13-20)15(21)5-4-14-6-8-18-9-7-14;/h14,18H,4-13H2,1-3H3;1H. The fourth-order valence-electron chi connectivity index (χ4n) is 3.29. The Labute approximate surface area is 146 Å². The number of rotatable bonds is 3. The van der Waals surface area contributed by atoms with Crippen LogP contribution in [0.3, 0.4) is 0 Å². The van der Waals surface area contributed by atoms with Crippen LogP contribution in [-0.4, -0.2) is 60.9 Å². The van der Waals surface area contributed by atoms with Crippen LogP contribution in [0.15, 0.2) is 0 Å². The number of hydrogen-bond donors (Lipinski definition) is 1. The van der Waals surface area contributed by atoms with Gasteiger partial charge in [-0.05, 0) is 38.3 Å². The average Bonchev–Trinajstić information content (AvgIpc) is 2.52. The van der Waals surface area contributed by atoms with E-state index in [0.29, 0.717) is 38.5 Å². The van der Waals surface area contributed by atoms with Crippen molar-refractivity contribution in [2.24, 2.45) is 11.3 Å². The molecule has 2 fully saturated rings. The van der Waals surface area contributed by atoms with E-state index in [0.717, 1.165) is 19.5 Å². The quantitative estimate of drug-likeness (QED) is 0.850. The number of nitrogens with zero attached hydrogens (tertiary/aromatic N) is 2. The van der Waals surface area contributed by atoms with Crippen LogP contribution in [0, 0.1) is 11.3 Å². The fraction of sp³-hybridized carbons (Fsp3) is 0.882. The van der Waals surface area contributed by atoms with Crippen molar-refractivity contribution in [1.29, 1.82) is 0 Å². The van der Waals surface area contributed by atoms with Gasteiger partial charge in [-0.1, -0.05) is 20.8 Å². The van der Waals surface area contributed by atoms with Crippen LogP contribution in [-0.2, 0) is 9.59 Å². The maximum Gasteiger partial charge on any atom is 0.228 e. The highest BCUT2D eigenvalue weighted by Gasteiger charge is 2.30. The van der Waals surface area contributed by atoms with E-state index in [1.807, 2.05) is 30.6 Å². The lowest BCUT2D eigenvalue weighted by Crippen LogP contribution is -2.53. The van der Waals surface area contributed by atoms with Crippen LogP contribution in [0.1, 0.15) is 46.5 Å². The van der Waals surface area contributed by atoms with E-state index < -0.39 is 0 Å². The van der Waals surface area contributed by atoms with Gasteiger partial charge in [-0.3, -0.25) is 9.59 Å². The minimum Gasteiger partial charge on any atom is -0.339 e. The molecule has 6 heteroatoms. The third-order valence-electron chi connectivity index (χ3n) is 4.79. The number of piperazine rings is 1. The molecule has 0 unspecified atom stereocenters. The highest BCUT2D eigenvalue weighted by atomic mass is 35.5. The molecule has 0 atom stereocenters. The van der Waals surface area contributed by atoms with E-state index in [4.69, 9.17) is 0 Å². The van der Waals surface area contributed by atoms with Crippen molar-refractivity contribution in [3.63, 3.8) is 0 Å². The number of carbonyl (C=O) groups excluding carboxylic acids is 2. The van der Waals surface area contributed by atoms with E-state index in [9.17, 15) is 9.59 Å². The fourth-order valence-corrected chi connectivity index (χ4v) is 3.29. The molecule has 2 heterocycles. The lowest BCUT2D eigenvalue weighted by molar-refractivity contribution is -0.145. The molecule has 1 N–H and O–H groups in total. The molecular weight excluding hydrogens is 314 g/mol. The number of carbonyl (C=O) groups is 2. The molecule has 0 spiro atoms. The topological polar surface area (TPSA) is 52.7 Å². The molecule has 2 saturated heterocycles. The molecule has 5 nitrogen and oxygen atoms in total. The van der Waals surface area contributed by atoms with Gasteiger partial charge >= 0.3 is 0 Å². The Balaban J connectivity index is 0.00000264. The third kappa shape index (κ3) is 5.96. The van der Waals surface area contributed by atoms with Crippen molar-refractivity contribution < 1.29 is 9.59 Å². The molecule has 134 valence electrons. The van der Waals surface area contributed by atoms with Crippen molar-refractivity contribution in [2.45, 2.75) is 46.5 Å². The largest absolute Gasteiger partial charge is 0.339 e. The molecule has 2 rings (SSSR count). The monoisotopic (exact) mass is 345 g/mol. The second kappa shape index (κ2) is 8.88. The van der Waals surface area contributed by atoms with Crippen LogP contribution in [0.2, 0.25) is 0 Å². The van der Waals surface area contributed by atoms with Crippen LogP contribution in [0.25, 0.3) is 0 Å². The number of halogens is 1. The van der Waals surface area contributed by atoms with E-state index in [2.05, 4.69) is 5.32 Å². The minimum absolute atomic E-state index is 0. The highest BCUT2D eigenvalue weighted by Crippen LogP contribution is 2.20. The summed E-state index contributed by atoms with van der Waals surface area (Å²) in [6.07, 6.45) is 4.07. The van der Waals surface area contributed by atoms with Crippen molar-refractivity contribution in [3.8, 4) is 0 Å². The molecule has 0 saturated carbocycles. The molecule has 2 aliphatic heterocycles. The first-order valence-corrected chi connectivity index (χ1v) is 8.66. The predicted octanol–water partition coefficient (Wildman–Crippen LogP) is 1.90. The Morgan fingerprint density at radius 2 is 1.52 bits per heavy atom. The van der Waals surface area contributed by atoms with Gasteiger partial charge in [-0.2, -0.15) is 0 Å². The van der Waals surface area contributed by atoms with Crippen LogP contribution in [0.5, 0.6) is 0 Å². The summed E-state index contributed by atoms with van der Waals surface area (Å²) in [5, 5.41) is 3.36. The Bertz CT molecular complexity index is 395. The molecular formula is C17H32ClN3O2. The number of amides is 2. The second-order valence-corrected chi connectivity index (χ2v) is 7.66. The van der Waals surface area contributed by atoms with E-state index >= 15 is 0 Å². The minimum atomic E-state index is -0.332. The second-order valence-electron chi connectivity index (χ2n) is 7.66. The van der Waals surface area contributed by atoms with Gasteiger partial charge in [-0.25, -0.2) is 0 Å². The van der Waals surface area contributed by atoms with Gasteiger partial charge in [0.05, 0.1) is 0 Å². The van der Waals surface area contributed by atoms with E-state index in [-0.39, 0.29) is 29.6 Å². The summed E-state index contributed by atoms with van der Waals surface area (Å²) < 4.78 is 0. The van der Waals surface area contributed by atoms with Gasteiger partial charge in [0.1, 0.15) is 0 Å². The average molecular weight is 346 g/mol. The van der Waals surface area contributed by atoms with Crippen molar-refractivity contribution in [3.05, 3.63) is 0 Å². The van der Waals surface area contributed by atoms with E-state index in [1.165, 1.54) is 12.8 Å². The zero-order chi connectivity index (χ0) is 16.2. The van der Waals surface area contributed by atoms with Crippen LogP contribution < -0.4 is 5.32 Å². The molecule has 23 heavy (non-hydrogen) atoms. The van der Waals surface area contributed by atoms with Gasteiger partial charge in [0, 0.05) is 38.0 Å². The zero-order valence-electron chi connectivity index (χ0n) is 14.8. The molecule has 0 aromatic rings. The lowest BCUT2D eigenvalue weighted by Gasteiger charge is -2.38. The van der Waals surface area contributed by atoms with Gasteiger partial charge in [-0.15, -0.1) is 12.4 Å². The Kier molecular flexibility index (Phi) is 7.81. The van der Waals surface area contributed by atoms with Gasteiger partial charge < -0.3 is 15.1 Å². The van der Waals surface area contributed by atoms with Crippen LogP contribution in [0.4, 0.5) is 0 Å². The summed E-state index contributed by atoms with van der Waals surface area (Å²) in [5.74, 6) is 1.16. The smallest absolute Gasteiger partial charge is 0.228 e. The number of nitrogens with one attached hydrogen (secondary N) is 1. The van der Waals surface area contributed by atoms with Gasteiger partial charge in [0.15, 0.2) is 0 Å². The van der Waals surface area contributed by atoms with E-state index in [1.54, 1.807) is 0 Å². The normalized spacial score (nSPS) is 20.1. The Morgan fingerprint density at radius 1 is 1.00 bits per heavy atom. The summed E-state index contributed by atoms with van der Waals surface area (Å²) in [4.78, 5) is 28.4. The molecule has 2 aliphatic rings. The predicted molar refractivity (Wildman–Crippen MR) is 94.7 cm³/mol. The summed E-state index contributed by atoms with van der Waals surface area (Å²) in [6, 6.07) is 0.